The molecule has 1 fully saturated rings. The molecule has 1 saturated heterocycles. The number of anilines is 3. The second kappa shape index (κ2) is 10.5. The zero-order valence-electron chi connectivity index (χ0n) is 17.5. The molecule has 6 nitrogen and oxygen atoms in total. The van der Waals surface area contributed by atoms with E-state index in [2.05, 4.69) is 45.3 Å². The van der Waals surface area contributed by atoms with Crippen molar-refractivity contribution in [2.45, 2.75) is 26.7 Å². The highest BCUT2D eigenvalue weighted by molar-refractivity contribution is 9.10. The van der Waals surface area contributed by atoms with Gasteiger partial charge in [-0.15, -0.1) is 0 Å². The standard InChI is InChI=1S/C23H29BrN4O2/c1-3-17(4-2)22(29)28-15-13-27(14-16-28)21-11-9-20(10-12-21)26-23(30)25-19-7-5-18(24)6-8-19/h5-12,17H,3-4,13-16H2,1-2H3,(H2,25,26,30). The Morgan fingerprint density at radius 2 is 1.37 bits per heavy atom. The summed E-state index contributed by atoms with van der Waals surface area (Å²) in [5.41, 5.74) is 2.56. The quantitative estimate of drug-likeness (QED) is 0.608. The second-order valence-corrected chi connectivity index (χ2v) is 8.37. The molecule has 0 atom stereocenters. The van der Waals surface area contributed by atoms with Gasteiger partial charge in [-0.2, -0.15) is 0 Å². The zero-order valence-corrected chi connectivity index (χ0v) is 19.1. The molecule has 3 amide bonds. The first-order chi connectivity index (χ1) is 14.5. The van der Waals surface area contributed by atoms with Crippen molar-refractivity contribution < 1.29 is 9.59 Å². The van der Waals surface area contributed by atoms with Crippen LogP contribution in [0.2, 0.25) is 0 Å². The number of carbonyl (C=O) groups excluding carboxylic acids is 2. The van der Waals surface area contributed by atoms with Crippen LogP contribution in [0.5, 0.6) is 0 Å². The zero-order chi connectivity index (χ0) is 21.5. The summed E-state index contributed by atoms with van der Waals surface area (Å²) >= 11 is 3.38. The summed E-state index contributed by atoms with van der Waals surface area (Å²) in [5, 5.41) is 5.66. The normalized spacial score (nSPS) is 14.0. The summed E-state index contributed by atoms with van der Waals surface area (Å²) in [6.07, 6.45) is 1.80. The van der Waals surface area contributed by atoms with Crippen molar-refractivity contribution in [1.82, 2.24) is 4.90 Å². The highest BCUT2D eigenvalue weighted by atomic mass is 79.9. The third-order valence-corrected chi connectivity index (χ3v) is 6.05. The van der Waals surface area contributed by atoms with Crippen LogP contribution >= 0.6 is 15.9 Å². The molecule has 0 bridgehead atoms. The number of carbonyl (C=O) groups is 2. The monoisotopic (exact) mass is 472 g/mol. The summed E-state index contributed by atoms with van der Waals surface area (Å²) in [7, 11) is 0. The van der Waals surface area contributed by atoms with E-state index in [0.717, 1.165) is 60.6 Å². The van der Waals surface area contributed by atoms with E-state index in [9.17, 15) is 9.59 Å². The fourth-order valence-corrected chi connectivity index (χ4v) is 3.93. The number of nitrogens with one attached hydrogen (secondary N) is 2. The van der Waals surface area contributed by atoms with Crippen molar-refractivity contribution >= 4 is 44.9 Å². The SMILES string of the molecule is CCC(CC)C(=O)N1CCN(c2ccc(NC(=O)Nc3ccc(Br)cc3)cc2)CC1. The molecule has 0 radical (unpaired) electrons. The molecule has 0 aromatic heterocycles. The van der Waals surface area contributed by atoms with Crippen molar-refractivity contribution in [3.63, 3.8) is 0 Å². The Labute approximate surface area is 186 Å². The molecular weight excluding hydrogens is 444 g/mol. The molecule has 30 heavy (non-hydrogen) atoms. The number of amides is 3. The van der Waals surface area contributed by atoms with E-state index in [-0.39, 0.29) is 17.9 Å². The third kappa shape index (κ3) is 5.75. The molecule has 1 aliphatic rings. The van der Waals surface area contributed by atoms with E-state index in [1.54, 1.807) is 0 Å². The Kier molecular flexibility index (Phi) is 7.74. The minimum absolute atomic E-state index is 0.144. The molecule has 2 N–H and O–H groups in total. The fraction of sp³-hybridized carbons (Fsp3) is 0.391. The van der Waals surface area contributed by atoms with Crippen LogP contribution < -0.4 is 15.5 Å². The maximum atomic E-state index is 12.6. The Morgan fingerprint density at radius 3 is 1.87 bits per heavy atom. The molecule has 0 aliphatic carbocycles. The lowest BCUT2D eigenvalue weighted by atomic mass is 10.0. The molecule has 1 heterocycles. The molecule has 2 aromatic carbocycles. The van der Waals surface area contributed by atoms with Gasteiger partial charge in [-0.1, -0.05) is 29.8 Å². The van der Waals surface area contributed by atoms with Gasteiger partial charge in [-0.05, 0) is 61.4 Å². The number of piperazine rings is 1. The van der Waals surface area contributed by atoms with Crippen LogP contribution in [0.15, 0.2) is 53.0 Å². The number of urea groups is 1. The van der Waals surface area contributed by atoms with Gasteiger partial charge in [0, 0.05) is 53.6 Å². The topological polar surface area (TPSA) is 64.7 Å². The highest BCUT2D eigenvalue weighted by Gasteiger charge is 2.25. The van der Waals surface area contributed by atoms with E-state index in [4.69, 9.17) is 0 Å². The van der Waals surface area contributed by atoms with Crippen LogP contribution in [0.1, 0.15) is 26.7 Å². The third-order valence-electron chi connectivity index (χ3n) is 5.52. The Hall–Kier alpha value is -2.54. The second-order valence-electron chi connectivity index (χ2n) is 7.46. The number of benzene rings is 2. The first kappa shape index (κ1) is 22.2. The van der Waals surface area contributed by atoms with Crippen molar-refractivity contribution in [3.05, 3.63) is 53.0 Å². The Bertz CT molecular complexity index is 843. The average Bonchev–Trinajstić information content (AvgIpc) is 2.77. The maximum absolute atomic E-state index is 12.6. The molecule has 2 aromatic rings. The minimum Gasteiger partial charge on any atom is -0.368 e. The number of rotatable bonds is 6. The number of hydrogen-bond acceptors (Lipinski definition) is 3. The molecule has 160 valence electrons. The predicted molar refractivity (Wildman–Crippen MR) is 126 cm³/mol. The molecule has 0 spiro atoms. The van der Waals surface area contributed by atoms with Gasteiger partial charge in [-0.3, -0.25) is 4.79 Å². The minimum atomic E-state index is -0.279. The summed E-state index contributed by atoms with van der Waals surface area (Å²) < 4.78 is 0.963. The van der Waals surface area contributed by atoms with Gasteiger partial charge in [0.2, 0.25) is 5.91 Å². The smallest absolute Gasteiger partial charge is 0.323 e. The summed E-state index contributed by atoms with van der Waals surface area (Å²) in [4.78, 5) is 29.0. The van der Waals surface area contributed by atoms with E-state index in [1.807, 2.05) is 53.4 Å². The van der Waals surface area contributed by atoms with Gasteiger partial charge < -0.3 is 20.4 Å². The van der Waals surface area contributed by atoms with Gasteiger partial charge in [0.15, 0.2) is 0 Å². The summed E-state index contributed by atoms with van der Waals surface area (Å²) in [6, 6.07) is 15.0. The summed E-state index contributed by atoms with van der Waals surface area (Å²) in [5.74, 6) is 0.432. The molecule has 0 saturated carbocycles. The number of hydrogen-bond donors (Lipinski definition) is 2. The van der Waals surface area contributed by atoms with Crippen LogP contribution in [0.4, 0.5) is 21.9 Å². The van der Waals surface area contributed by atoms with Crippen molar-refractivity contribution in [3.8, 4) is 0 Å². The Balaban J connectivity index is 1.50. The van der Waals surface area contributed by atoms with Gasteiger partial charge in [-0.25, -0.2) is 4.79 Å². The van der Waals surface area contributed by atoms with Gasteiger partial charge in [0.05, 0.1) is 0 Å². The largest absolute Gasteiger partial charge is 0.368 e. The lowest BCUT2D eigenvalue weighted by Gasteiger charge is -2.37. The highest BCUT2D eigenvalue weighted by Crippen LogP contribution is 2.21. The fourth-order valence-electron chi connectivity index (χ4n) is 3.66. The Morgan fingerprint density at radius 1 is 0.867 bits per heavy atom. The summed E-state index contributed by atoms with van der Waals surface area (Å²) in [6.45, 7) is 7.31. The van der Waals surface area contributed by atoms with Crippen LogP contribution in [0, 0.1) is 5.92 Å². The van der Waals surface area contributed by atoms with Gasteiger partial charge in [0.25, 0.3) is 0 Å². The van der Waals surface area contributed by atoms with Crippen molar-refractivity contribution in [2.24, 2.45) is 5.92 Å². The number of halogens is 1. The van der Waals surface area contributed by atoms with E-state index >= 15 is 0 Å². The van der Waals surface area contributed by atoms with Crippen LogP contribution in [0.3, 0.4) is 0 Å². The van der Waals surface area contributed by atoms with Crippen LogP contribution in [0.25, 0.3) is 0 Å². The maximum Gasteiger partial charge on any atom is 0.323 e. The molecule has 7 heteroatoms. The average molecular weight is 473 g/mol. The van der Waals surface area contributed by atoms with Crippen LogP contribution in [-0.4, -0.2) is 43.0 Å². The van der Waals surface area contributed by atoms with Crippen LogP contribution in [-0.2, 0) is 4.79 Å². The molecule has 3 rings (SSSR count). The van der Waals surface area contributed by atoms with Crippen molar-refractivity contribution in [1.29, 1.82) is 0 Å². The lowest BCUT2D eigenvalue weighted by Crippen LogP contribution is -2.50. The molecule has 1 aliphatic heterocycles. The van der Waals surface area contributed by atoms with Crippen molar-refractivity contribution in [2.75, 3.05) is 41.7 Å². The van der Waals surface area contributed by atoms with E-state index < -0.39 is 0 Å². The van der Waals surface area contributed by atoms with E-state index in [0.29, 0.717) is 0 Å². The first-order valence-corrected chi connectivity index (χ1v) is 11.3. The van der Waals surface area contributed by atoms with Gasteiger partial charge >= 0.3 is 6.03 Å². The first-order valence-electron chi connectivity index (χ1n) is 10.5. The van der Waals surface area contributed by atoms with E-state index in [1.165, 1.54) is 0 Å². The molecular formula is C23H29BrN4O2. The molecule has 0 unspecified atom stereocenters. The van der Waals surface area contributed by atoms with Gasteiger partial charge in [0.1, 0.15) is 0 Å². The predicted octanol–water partition coefficient (Wildman–Crippen LogP) is 5.18. The number of nitrogens with zero attached hydrogens (tertiary/aromatic N) is 2. The lowest BCUT2D eigenvalue weighted by molar-refractivity contribution is -0.136.